The molecule has 1 aliphatic rings. The average molecular weight is 202 g/mol. The Morgan fingerprint density at radius 1 is 1.47 bits per heavy atom. The first-order valence-corrected chi connectivity index (χ1v) is 5.46. The minimum absolute atomic E-state index is 0.943. The molecule has 0 unspecified atom stereocenters. The molecule has 0 bridgehead atoms. The quantitative estimate of drug-likeness (QED) is 0.621. The Labute approximate surface area is 91.8 Å². The zero-order chi connectivity index (χ0) is 10.9. The van der Waals surface area contributed by atoms with E-state index >= 15 is 0 Å². The van der Waals surface area contributed by atoms with Crippen molar-refractivity contribution in [2.75, 3.05) is 0 Å². The summed E-state index contributed by atoms with van der Waals surface area (Å²) < 4.78 is 0. The fourth-order valence-corrected chi connectivity index (χ4v) is 1.35. The molecule has 0 atom stereocenters. The van der Waals surface area contributed by atoms with Crippen molar-refractivity contribution in [1.29, 1.82) is 0 Å². The first-order chi connectivity index (χ1) is 7.38. The van der Waals surface area contributed by atoms with Gasteiger partial charge in [0.25, 0.3) is 0 Å². The van der Waals surface area contributed by atoms with E-state index in [1.165, 1.54) is 5.57 Å². The van der Waals surface area contributed by atoms with Gasteiger partial charge in [0.15, 0.2) is 0 Å². The highest BCUT2D eigenvalue weighted by Crippen LogP contribution is 2.18. The third kappa shape index (κ3) is 4.07. The molecular weight excluding hydrogens is 184 g/mol. The summed E-state index contributed by atoms with van der Waals surface area (Å²) in [5, 5.41) is 0. The molecular formula is C13H18N2. The maximum atomic E-state index is 4.32. The van der Waals surface area contributed by atoms with Crippen LogP contribution in [0.5, 0.6) is 0 Å². The minimum atomic E-state index is 0.943. The van der Waals surface area contributed by atoms with E-state index in [1.54, 1.807) is 6.21 Å². The van der Waals surface area contributed by atoms with E-state index in [0.717, 1.165) is 25.0 Å². The van der Waals surface area contributed by atoms with Gasteiger partial charge in [-0.25, -0.2) is 0 Å². The number of hydrogen-bond donors (Lipinski definition) is 0. The molecule has 15 heavy (non-hydrogen) atoms. The first-order valence-electron chi connectivity index (χ1n) is 5.46. The molecule has 0 heterocycles. The second kappa shape index (κ2) is 6.93. The summed E-state index contributed by atoms with van der Waals surface area (Å²) >= 11 is 0. The van der Waals surface area contributed by atoms with Crippen molar-refractivity contribution >= 4 is 12.4 Å². The topological polar surface area (TPSA) is 24.7 Å². The van der Waals surface area contributed by atoms with Gasteiger partial charge in [-0.15, -0.1) is 0 Å². The molecule has 0 aromatic carbocycles. The normalized spacial score (nSPS) is 17.7. The number of allylic oxidation sites excluding steroid dienone is 3. The molecule has 1 aliphatic carbocycles. The van der Waals surface area contributed by atoms with Gasteiger partial charge in [-0.2, -0.15) is 0 Å². The Morgan fingerprint density at radius 2 is 2.33 bits per heavy atom. The largest absolute Gasteiger partial charge is 0.267 e. The molecule has 0 saturated heterocycles. The van der Waals surface area contributed by atoms with Gasteiger partial charge in [-0.1, -0.05) is 25.2 Å². The van der Waals surface area contributed by atoms with Gasteiger partial charge in [0.1, 0.15) is 0 Å². The van der Waals surface area contributed by atoms with Crippen LogP contribution >= 0.6 is 0 Å². The van der Waals surface area contributed by atoms with Crippen LogP contribution in [0.4, 0.5) is 0 Å². The minimum Gasteiger partial charge on any atom is -0.267 e. The lowest BCUT2D eigenvalue weighted by molar-refractivity contribution is 1.01. The van der Waals surface area contributed by atoms with Gasteiger partial charge >= 0.3 is 0 Å². The summed E-state index contributed by atoms with van der Waals surface area (Å²) in [6.45, 7) is 3.99. The van der Waals surface area contributed by atoms with E-state index in [9.17, 15) is 0 Å². The van der Waals surface area contributed by atoms with Crippen LogP contribution in [0.15, 0.2) is 45.7 Å². The van der Waals surface area contributed by atoms with E-state index < -0.39 is 0 Å². The molecule has 80 valence electrons. The summed E-state index contributed by atoms with van der Waals surface area (Å²) in [5.74, 6) is 0. The monoisotopic (exact) mass is 202 g/mol. The third-order valence-corrected chi connectivity index (χ3v) is 2.04. The molecule has 0 fully saturated rings. The standard InChI is InChI=1S/C13H18N2/c1-3-10-14-11-13(15-4-2)12-8-6-5-7-9-12/h4,6,8-11H,3,5,7H2,1-2H3/b13-11-,14-10?,15-4?. The van der Waals surface area contributed by atoms with Gasteiger partial charge < -0.3 is 0 Å². The van der Waals surface area contributed by atoms with Crippen LogP contribution in [0.3, 0.4) is 0 Å². The highest BCUT2D eigenvalue weighted by Gasteiger charge is 2.01. The second-order valence-electron chi connectivity index (χ2n) is 3.28. The van der Waals surface area contributed by atoms with Gasteiger partial charge in [0.2, 0.25) is 0 Å². The Bertz CT molecular complexity index is 330. The smallest absolute Gasteiger partial charge is 0.0876 e. The zero-order valence-corrected chi connectivity index (χ0v) is 9.48. The van der Waals surface area contributed by atoms with E-state index in [1.807, 2.05) is 19.3 Å². The zero-order valence-electron chi connectivity index (χ0n) is 9.48. The molecule has 0 N–H and O–H groups in total. The van der Waals surface area contributed by atoms with Gasteiger partial charge in [-0.3, -0.25) is 9.98 Å². The first kappa shape index (κ1) is 11.6. The SMILES string of the molecule is CC=N/C(=C\N=CCC)C1=CCCC=C1. The van der Waals surface area contributed by atoms with Crippen LogP contribution in [-0.2, 0) is 0 Å². The maximum Gasteiger partial charge on any atom is 0.0876 e. The number of nitrogens with zero attached hydrogens (tertiary/aromatic N) is 2. The lowest BCUT2D eigenvalue weighted by Crippen LogP contribution is -1.88. The van der Waals surface area contributed by atoms with Crippen molar-refractivity contribution in [2.45, 2.75) is 33.1 Å². The van der Waals surface area contributed by atoms with Crippen LogP contribution < -0.4 is 0 Å². The molecule has 2 heteroatoms. The van der Waals surface area contributed by atoms with Crippen LogP contribution in [0.1, 0.15) is 33.1 Å². The Morgan fingerprint density at radius 3 is 2.93 bits per heavy atom. The van der Waals surface area contributed by atoms with Crippen molar-refractivity contribution in [2.24, 2.45) is 9.98 Å². The molecule has 0 amide bonds. The van der Waals surface area contributed by atoms with Crippen LogP contribution in [-0.4, -0.2) is 12.4 Å². The van der Waals surface area contributed by atoms with Crippen molar-refractivity contribution < 1.29 is 0 Å². The Kier molecular flexibility index (Phi) is 5.38. The predicted octanol–water partition coefficient (Wildman–Crippen LogP) is 3.68. The summed E-state index contributed by atoms with van der Waals surface area (Å²) in [5.41, 5.74) is 2.12. The number of aliphatic imine (C=N–C) groups is 2. The summed E-state index contributed by atoms with van der Waals surface area (Å²) in [6.07, 6.45) is 15.2. The van der Waals surface area contributed by atoms with Crippen molar-refractivity contribution in [1.82, 2.24) is 0 Å². The molecule has 0 saturated carbocycles. The molecule has 0 radical (unpaired) electrons. The van der Waals surface area contributed by atoms with Gasteiger partial charge in [0, 0.05) is 12.4 Å². The lowest BCUT2D eigenvalue weighted by atomic mass is 10.1. The highest BCUT2D eigenvalue weighted by atomic mass is 14.8. The van der Waals surface area contributed by atoms with Gasteiger partial charge in [-0.05, 0) is 31.8 Å². The second-order valence-corrected chi connectivity index (χ2v) is 3.28. The maximum absolute atomic E-state index is 4.32. The van der Waals surface area contributed by atoms with Crippen LogP contribution in [0.2, 0.25) is 0 Å². The number of rotatable bonds is 4. The van der Waals surface area contributed by atoms with E-state index in [2.05, 4.69) is 35.1 Å². The third-order valence-electron chi connectivity index (χ3n) is 2.04. The average Bonchev–Trinajstić information content (AvgIpc) is 2.29. The van der Waals surface area contributed by atoms with Crippen molar-refractivity contribution in [3.05, 3.63) is 35.7 Å². The van der Waals surface area contributed by atoms with Gasteiger partial charge in [0.05, 0.1) is 11.9 Å². The molecule has 0 spiro atoms. The van der Waals surface area contributed by atoms with E-state index in [-0.39, 0.29) is 0 Å². The number of hydrogen-bond acceptors (Lipinski definition) is 2. The molecule has 0 aromatic rings. The Hall–Kier alpha value is -1.44. The van der Waals surface area contributed by atoms with E-state index in [0.29, 0.717) is 0 Å². The lowest BCUT2D eigenvalue weighted by Gasteiger charge is -2.05. The van der Waals surface area contributed by atoms with Crippen molar-refractivity contribution in [3.63, 3.8) is 0 Å². The van der Waals surface area contributed by atoms with E-state index in [4.69, 9.17) is 0 Å². The molecule has 0 aliphatic heterocycles. The summed E-state index contributed by atoms with van der Waals surface area (Å²) in [6, 6.07) is 0. The summed E-state index contributed by atoms with van der Waals surface area (Å²) in [4.78, 5) is 8.53. The molecule has 2 nitrogen and oxygen atoms in total. The summed E-state index contributed by atoms with van der Waals surface area (Å²) in [7, 11) is 0. The highest BCUT2D eigenvalue weighted by molar-refractivity contribution is 5.60. The Balaban J connectivity index is 2.82. The predicted molar refractivity (Wildman–Crippen MR) is 67.5 cm³/mol. The van der Waals surface area contributed by atoms with Crippen molar-refractivity contribution in [3.8, 4) is 0 Å². The molecule has 1 rings (SSSR count). The van der Waals surface area contributed by atoms with Crippen LogP contribution in [0.25, 0.3) is 0 Å². The fraction of sp³-hybridized carbons (Fsp3) is 0.385. The fourth-order valence-electron chi connectivity index (χ4n) is 1.35. The molecule has 0 aromatic heterocycles. The van der Waals surface area contributed by atoms with Crippen LogP contribution in [0, 0.1) is 0 Å².